The van der Waals surface area contributed by atoms with E-state index in [0.717, 1.165) is 48.8 Å². The van der Waals surface area contributed by atoms with E-state index in [-0.39, 0.29) is 11.2 Å². The average molecular weight is 318 g/mol. The number of nitrogens with one attached hydrogen (secondary N) is 2. The second kappa shape index (κ2) is 6.25. The number of hydrogen-bond donors (Lipinski definition) is 2. The van der Waals surface area contributed by atoms with Crippen molar-refractivity contribution in [2.75, 3.05) is 13.1 Å². The number of H-pyrrole nitrogens is 1. The Morgan fingerprint density at radius 3 is 2.75 bits per heavy atom. The molecule has 122 valence electrons. The number of ketones is 1. The van der Waals surface area contributed by atoms with E-state index >= 15 is 0 Å². The third kappa shape index (κ3) is 2.76. The molecule has 1 fully saturated rings. The molecule has 4 rings (SSSR count). The number of hydrogen-bond acceptors (Lipinski definition) is 2. The zero-order valence-corrected chi connectivity index (χ0v) is 13.7. The van der Waals surface area contributed by atoms with Gasteiger partial charge in [-0.1, -0.05) is 30.3 Å². The molecule has 2 N–H and O–H groups in total. The fraction of sp³-hybridized carbons (Fsp3) is 0.286. The predicted octanol–water partition coefficient (Wildman–Crippen LogP) is 3.96. The number of carbonyl (C=O) groups is 1. The van der Waals surface area contributed by atoms with Crippen LogP contribution in [0.4, 0.5) is 0 Å². The number of rotatable bonds is 4. The Morgan fingerprint density at radius 1 is 1.08 bits per heavy atom. The minimum absolute atomic E-state index is 0.265. The molecule has 0 saturated carbocycles. The quantitative estimate of drug-likeness (QED) is 0.715. The van der Waals surface area contributed by atoms with Crippen LogP contribution in [0.5, 0.6) is 0 Å². The van der Waals surface area contributed by atoms with Crippen LogP contribution >= 0.6 is 0 Å². The minimum Gasteiger partial charge on any atom is -0.361 e. The predicted molar refractivity (Wildman–Crippen MR) is 97.3 cm³/mol. The molecule has 1 aliphatic heterocycles. The maximum Gasteiger partial charge on any atom is 0.170 e. The molecular formula is C21H22N2O. The lowest BCUT2D eigenvalue weighted by Crippen LogP contribution is -2.47. The highest BCUT2D eigenvalue weighted by Gasteiger charge is 2.40. The number of benzene rings is 2. The Morgan fingerprint density at radius 2 is 1.96 bits per heavy atom. The monoisotopic (exact) mass is 318 g/mol. The van der Waals surface area contributed by atoms with Gasteiger partial charge in [0.15, 0.2) is 5.78 Å². The largest absolute Gasteiger partial charge is 0.361 e. The minimum atomic E-state index is -0.344. The zero-order valence-electron chi connectivity index (χ0n) is 13.7. The van der Waals surface area contributed by atoms with Gasteiger partial charge in [0.25, 0.3) is 0 Å². The molecule has 1 atom stereocenters. The number of carbonyl (C=O) groups excluding carboxylic acids is 1. The van der Waals surface area contributed by atoms with Crippen LogP contribution < -0.4 is 5.32 Å². The van der Waals surface area contributed by atoms with E-state index in [2.05, 4.69) is 34.6 Å². The lowest BCUT2D eigenvalue weighted by Gasteiger charge is -2.36. The highest BCUT2D eigenvalue weighted by Crippen LogP contribution is 2.35. The van der Waals surface area contributed by atoms with Crippen molar-refractivity contribution in [1.29, 1.82) is 0 Å². The third-order valence-corrected chi connectivity index (χ3v) is 5.15. The van der Waals surface area contributed by atoms with Gasteiger partial charge in [0.05, 0.1) is 5.41 Å². The maximum absolute atomic E-state index is 13.4. The van der Waals surface area contributed by atoms with Crippen molar-refractivity contribution >= 4 is 16.7 Å². The molecule has 24 heavy (non-hydrogen) atoms. The van der Waals surface area contributed by atoms with E-state index in [4.69, 9.17) is 0 Å². The summed E-state index contributed by atoms with van der Waals surface area (Å²) in [5.74, 6) is 0.265. The number of fused-ring (bicyclic) bond motifs is 1. The van der Waals surface area contributed by atoms with Crippen LogP contribution in [0.15, 0.2) is 60.8 Å². The molecule has 3 heteroatoms. The van der Waals surface area contributed by atoms with Crippen LogP contribution in [-0.4, -0.2) is 23.9 Å². The fourth-order valence-corrected chi connectivity index (χ4v) is 3.88. The number of piperidine rings is 1. The van der Waals surface area contributed by atoms with Crippen LogP contribution in [0.2, 0.25) is 0 Å². The summed E-state index contributed by atoms with van der Waals surface area (Å²) in [4.78, 5) is 16.6. The van der Waals surface area contributed by atoms with E-state index in [1.54, 1.807) is 0 Å². The molecule has 0 radical (unpaired) electrons. The van der Waals surface area contributed by atoms with E-state index in [9.17, 15) is 4.79 Å². The molecule has 0 spiro atoms. The SMILES string of the molecule is O=C(c1ccc2[nH]ccc2c1)[C@@]1(Cc2ccccc2)CCCNC1. The molecule has 1 aromatic heterocycles. The normalized spacial score (nSPS) is 21.0. The van der Waals surface area contributed by atoms with Crippen molar-refractivity contribution in [3.05, 3.63) is 71.9 Å². The highest BCUT2D eigenvalue weighted by atomic mass is 16.1. The molecule has 1 saturated heterocycles. The average Bonchev–Trinajstić information content (AvgIpc) is 3.10. The topological polar surface area (TPSA) is 44.9 Å². The van der Waals surface area contributed by atoms with Crippen molar-refractivity contribution in [2.24, 2.45) is 5.41 Å². The Bertz CT molecular complexity index is 844. The maximum atomic E-state index is 13.4. The zero-order chi connectivity index (χ0) is 16.4. The third-order valence-electron chi connectivity index (χ3n) is 5.15. The Hall–Kier alpha value is -2.39. The van der Waals surface area contributed by atoms with Gasteiger partial charge in [0, 0.05) is 29.2 Å². The summed E-state index contributed by atoms with van der Waals surface area (Å²) in [5.41, 5.74) is 2.79. The van der Waals surface area contributed by atoms with Gasteiger partial charge < -0.3 is 10.3 Å². The molecule has 2 aromatic carbocycles. The molecule has 0 aliphatic carbocycles. The number of Topliss-reactive ketones (excluding diaryl/α,β-unsaturated/α-hetero) is 1. The second-order valence-electron chi connectivity index (χ2n) is 6.83. The lowest BCUT2D eigenvalue weighted by atomic mass is 9.70. The summed E-state index contributed by atoms with van der Waals surface area (Å²) in [7, 11) is 0. The van der Waals surface area contributed by atoms with Gasteiger partial charge in [-0.05, 0) is 55.6 Å². The molecule has 1 aliphatic rings. The first-order valence-electron chi connectivity index (χ1n) is 8.63. The molecule has 0 amide bonds. The van der Waals surface area contributed by atoms with Gasteiger partial charge in [-0.2, -0.15) is 0 Å². The van der Waals surface area contributed by atoms with Crippen molar-refractivity contribution < 1.29 is 4.79 Å². The molecule has 2 heterocycles. The van der Waals surface area contributed by atoms with Gasteiger partial charge >= 0.3 is 0 Å². The van der Waals surface area contributed by atoms with Gasteiger partial charge in [-0.25, -0.2) is 0 Å². The summed E-state index contributed by atoms with van der Waals surface area (Å²) in [5, 5.41) is 4.55. The molecule has 0 unspecified atom stereocenters. The Balaban J connectivity index is 1.70. The summed E-state index contributed by atoms with van der Waals surface area (Å²) in [6, 6.07) is 18.4. The summed E-state index contributed by atoms with van der Waals surface area (Å²) < 4.78 is 0. The number of aromatic nitrogens is 1. The summed E-state index contributed by atoms with van der Waals surface area (Å²) >= 11 is 0. The summed E-state index contributed by atoms with van der Waals surface area (Å²) in [6.07, 6.45) is 4.70. The first kappa shape index (κ1) is 15.2. The van der Waals surface area contributed by atoms with Gasteiger partial charge in [0.2, 0.25) is 0 Å². The van der Waals surface area contributed by atoms with Crippen molar-refractivity contribution in [2.45, 2.75) is 19.3 Å². The van der Waals surface area contributed by atoms with Crippen LogP contribution in [0, 0.1) is 5.41 Å². The van der Waals surface area contributed by atoms with E-state index in [0.29, 0.717) is 0 Å². The van der Waals surface area contributed by atoms with Crippen molar-refractivity contribution in [3.8, 4) is 0 Å². The molecule has 3 aromatic rings. The van der Waals surface area contributed by atoms with Gasteiger partial charge in [-0.15, -0.1) is 0 Å². The van der Waals surface area contributed by atoms with E-state index in [1.165, 1.54) is 5.56 Å². The first-order chi connectivity index (χ1) is 11.8. The van der Waals surface area contributed by atoms with Crippen LogP contribution in [0.1, 0.15) is 28.8 Å². The Kier molecular flexibility index (Phi) is 3.95. The lowest BCUT2D eigenvalue weighted by molar-refractivity contribution is 0.0738. The smallest absolute Gasteiger partial charge is 0.170 e. The molecule has 0 bridgehead atoms. The van der Waals surface area contributed by atoms with Crippen LogP contribution in [-0.2, 0) is 6.42 Å². The molecular weight excluding hydrogens is 296 g/mol. The summed E-state index contributed by atoms with van der Waals surface area (Å²) in [6.45, 7) is 1.76. The van der Waals surface area contributed by atoms with Gasteiger partial charge in [0.1, 0.15) is 0 Å². The van der Waals surface area contributed by atoms with Crippen LogP contribution in [0.25, 0.3) is 10.9 Å². The van der Waals surface area contributed by atoms with Crippen molar-refractivity contribution in [3.63, 3.8) is 0 Å². The molecule has 3 nitrogen and oxygen atoms in total. The Labute approximate surface area is 142 Å². The number of aromatic amines is 1. The van der Waals surface area contributed by atoms with Gasteiger partial charge in [-0.3, -0.25) is 4.79 Å². The fourth-order valence-electron chi connectivity index (χ4n) is 3.88. The van der Waals surface area contributed by atoms with E-state index in [1.807, 2.05) is 36.5 Å². The van der Waals surface area contributed by atoms with Crippen LogP contribution in [0.3, 0.4) is 0 Å². The highest BCUT2D eigenvalue weighted by molar-refractivity contribution is 6.03. The standard InChI is InChI=1S/C21H22N2O/c24-20(18-7-8-19-17(13-18)9-12-23-19)21(10-4-11-22-15-21)14-16-5-2-1-3-6-16/h1-3,5-9,12-13,22-23H,4,10-11,14-15H2/t21-/m1/s1. The first-order valence-corrected chi connectivity index (χ1v) is 8.63. The van der Waals surface area contributed by atoms with Crippen molar-refractivity contribution in [1.82, 2.24) is 10.3 Å². The second-order valence-corrected chi connectivity index (χ2v) is 6.83. The van der Waals surface area contributed by atoms with E-state index < -0.39 is 0 Å².